The van der Waals surface area contributed by atoms with Crippen LogP contribution in [-0.4, -0.2) is 34.0 Å². The van der Waals surface area contributed by atoms with E-state index in [0.29, 0.717) is 31.1 Å². The maximum Gasteiger partial charge on any atom is 0.240 e. The number of amides is 1. The first kappa shape index (κ1) is 16.8. The second-order valence-corrected chi connectivity index (χ2v) is 7.02. The molecule has 122 valence electrons. The molecule has 0 atom stereocenters. The third-order valence-corrected chi connectivity index (χ3v) is 5.02. The molecule has 1 aliphatic rings. The Morgan fingerprint density at radius 2 is 2.14 bits per heavy atom. The minimum absolute atomic E-state index is 0.130. The number of hydrogen-bond acceptors (Lipinski definition) is 4. The SMILES string of the molecule is CCCCCNS(=O)(=O)c1ccc2c(c1)N(C(C)=O)CCO2. The predicted octanol–water partition coefficient (Wildman–Crippen LogP) is 1.90. The van der Waals surface area contributed by atoms with Gasteiger partial charge in [-0.2, -0.15) is 0 Å². The van der Waals surface area contributed by atoms with Gasteiger partial charge in [-0.05, 0) is 24.6 Å². The van der Waals surface area contributed by atoms with Crippen molar-refractivity contribution in [2.75, 3.05) is 24.6 Å². The van der Waals surface area contributed by atoms with E-state index in [1.807, 2.05) is 0 Å². The molecule has 1 heterocycles. The van der Waals surface area contributed by atoms with Gasteiger partial charge in [-0.1, -0.05) is 19.8 Å². The molecule has 0 aliphatic carbocycles. The number of ether oxygens (including phenoxy) is 1. The van der Waals surface area contributed by atoms with Crippen molar-refractivity contribution in [3.63, 3.8) is 0 Å². The molecule has 0 aromatic heterocycles. The fraction of sp³-hybridized carbons (Fsp3) is 0.533. The lowest BCUT2D eigenvalue weighted by Crippen LogP contribution is -2.36. The third kappa shape index (κ3) is 3.78. The van der Waals surface area contributed by atoms with E-state index in [4.69, 9.17) is 4.74 Å². The monoisotopic (exact) mass is 326 g/mol. The van der Waals surface area contributed by atoms with Gasteiger partial charge in [-0.15, -0.1) is 0 Å². The fourth-order valence-corrected chi connectivity index (χ4v) is 3.45. The van der Waals surface area contributed by atoms with Crippen LogP contribution in [0.3, 0.4) is 0 Å². The van der Waals surface area contributed by atoms with Gasteiger partial charge in [0.1, 0.15) is 12.4 Å². The van der Waals surface area contributed by atoms with E-state index in [1.165, 1.54) is 24.0 Å². The Labute approximate surface area is 131 Å². The number of hydrogen-bond donors (Lipinski definition) is 1. The van der Waals surface area contributed by atoms with Crippen LogP contribution < -0.4 is 14.4 Å². The molecule has 22 heavy (non-hydrogen) atoms. The summed E-state index contributed by atoms with van der Waals surface area (Å²) in [6.45, 7) is 4.78. The quantitative estimate of drug-likeness (QED) is 0.810. The van der Waals surface area contributed by atoms with Crippen molar-refractivity contribution >= 4 is 21.6 Å². The lowest BCUT2D eigenvalue weighted by molar-refractivity contribution is -0.116. The summed E-state index contributed by atoms with van der Waals surface area (Å²) in [7, 11) is -3.57. The number of rotatable bonds is 6. The van der Waals surface area contributed by atoms with Gasteiger partial charge < -0.3 is 9.64 Å². The number of unbranched alkanes of at least 4 members (excludes halogenated alkanes) is 2. The summed E-state index contributed by atoms with van der Waals surface area (Å²) in [5, 5.41) is 0. The van der Waals surface area contributed by atoms with Gasteiger partial charge in [0.15, 0.2) is 0 Å². The van der Waals surface area contributed by atoms with Crippen LogP contribution in [0, 0.1) is 0 Å². The average molecular weight is 326 g/mol. The van der Waals surface area contributed by atoms with Gasteiger partial charge >= 0.3 is 0 Å². The molecule has 6 nitrogen and oxygen atoms in total. The Morgan fingerprint density at radius 3 is 2.82 bits per heavy atom. The molecule has 7 heteroatoms. The van der Waals surface area contributed by atoms with E-state index in [-0.39, 0.29) is 10.8 Å². The topological polar surface area (TPSA) is 75.7 Å². The maximum absolute atomic E-state index is 12.3. The normalized spacial score (nSPS) is 14.4. The Hall–Kier alpha value is -1.60. The second kappa shape index (κ2) is 7.11. The molecule has 0 spiro atoms. The van der Waals surface area contributed by atoms with Crippen LogP contribution in [0.4, 0.5) is 5.69 Å². The number of carbonyl (C=O) groups is 1. The molecule has 0 bridgehead atoms. The molecular weight excluding hydrogens is 304 g/mol. The first-order chi connectivity index (χ1) is 10.5. The van der Waals surface area contributed by atoms with E-state index in [9.17, 15) is 13.2 Å². The standard InChI is InChI=1S/C15H22N2O4S/c1-3-4-5-8-16-22(19,20)13-6-7-15-14(11-13)17(12(2)18)9-10-21-15/h6-7,11,16H,3-5,8-10H2,1-2H3. The predicted molar refractivity (Wildman–Crippen MR) is 84.7 cm³/mol. The molecule has 1 amide bonds. The molecule has 1 aliphatic heterocycles. The van der Waals surface area contributed by atoms with Crippen LogP contribution >= 0.6 is 0 Å². The number of nitrogens with zero attached hydrogens (tertiary/aromatic N) is 1. The van der Waals surface area contributed by atoms with E-state index in [2.05, 4.69) is 11.6 Å². The highest BCUT2D eigenvalue weighted by Crippen LogP contribution is 2.33. The van der Waals surface area contributed by atoms with Gasteiger partial charge in [0.05, 0.1) is 17.1 Å². The summed E-state index contributed by atoms with van der Waals surface area (Å²) < 4.78 is 32.7. The summed E-state index contributed by atoms with van der Waals surface area (Å²) in [4.78, 5) is 13.4. The summed E-state index contributed by atoms with van der Waals surface area (Å²) >= 11 is 0. The zero-order chi connectivity index (χ0) is 16.2. The van der Waals surface area contributed by atoms with Crippen molar-refractivity contribution in [2.24, 2.45) is 0 Å². The average Bonchev–Trinajstić information content (AvgIpc) is 2.50. The molecule has 0 fully saturated rings. The molecule has 1 N–H and O–H groups in total. The van der Waals surface area contributed by atoms with Gasteiger partial charge in [-0.25, -0.2) is 13.1 Å². The number of nitrogens with one attached hydrogen (secondary N) is 1. The number of sulfonamides is 1. The molecule has 2 rings (SSSR count). The lowest BCUT2D eigenvalue weighted by Gasteiger charge is -2.29. The van der Waals surface area contributed by atoms with E-state index in [1.54, 1.807) is 6.07 Å². The smallest absolute Gasteiger partial charge is 0.240 e. The van der Waals surface area contributed by atoms with Crippen LogP contribution in [0.5, 0.6) is 5.75 Å². The van der Waals surface area contributed by atoms with Gasteiger partial charge in [0, 0.05) is 13.5 Å². The van der Waals surface area contributed by atoms with Crippen LogP contribution in [0.25, 0.3) is 0 Å². The highest BCUT2D eigenvalue weighted by Gasteiger charge is 2.24. The van der Waals surface area contributed by atoms with Crippen LogP contribution in [-0.2, 0) is 14.8 Å². The highest BCUT2D eigenvalue weighted by molar-refractivity contribution is 7.89. The van der Waals surface area contributed by atoms with Gasteiger partial charge in [-0.3, -0.25) is 4.79 Å². The first-order valence-electron chi connectivity index (χ1n) is 7.50. The maximum atomic E-state index is 12.3. The summed E-state index contributed by atoms with van der Waals surface area (Å²) in [5.41, 5.74) is 0.509. The van der Waals surface area contributed by atoms with E-state index >= 15 is 0 Å². The van der Waals surface area contributed by atoms with Crippen molar-refractivity contribution in [1.82, 2.24) is 4.72 Å². The molecule has 0 radical (unpaired) electrons. The number of anilines is 1. The summed E-state index contributed by atoms with van der Waals surface area (Å²) in [5.74, 6) is 0.404. The lowest BCUT2D eigenvalue weighted by atomic mass is 10.2. The van der Waals surface area contributed by atoms with Crippen molar-refractivity contribution in [2.45, 2.75) is 38.0 Å². The van der Waals surface area contributed by atoms with Gasteiger partial charge in [0.25, 0.3) is 0 Å². The number of fused-ring (bicyclic) bond motifs is 1. The Balaban J connectivity index is 2.22. The van der Waals surface area contributed by atoms with Crippen molar-refractivity contribution < 1.29 is 17.9 Å². The van der Waals surface area contributed by atoms with Gasteiger partial charge in [0.2, 0.25) is 15.9 Å². The zero-order valence-corrected chi connectivity index (χ0v) is 13.8. The molecule has 1 aromatic carbocycles. The summed E-state index contributed by atoms with van der Waals surface area (Å²) in [6, 6.07) is 4.60. The molecular formula is C15H22N2O4S. The first-order valence-corrected chi connectivity index (χ1v) is 8.98. The second-order valence-electron chi connectivity index (χ2n) is 5.25. The third-order valence-electron chi connectivity index (χ3n) is 3.56. The zero-order valence-electron chi connectivity index (χ0n) is 13.0. The van der Waals surface area contributed by atoms with E-state index < -0.39 is 10.0 Å². The fourth-order valence-electron chi connectivity index (χ4n) is 2.36. The van der Waals surface area contributed by atoms with Crippen molar-refractivity contribution in [3.8, 4) is 5.75 Å². The van der Waals surface area contributed by atoms with Crippen molar-refractivity contribution in [3.05, 3.63) is 18.2 Å². The Morgan fingerprint density at radius 1 is 1.36 bits per heavy atom. The van der Waals surface area contributed by atoms with Crippen LogP contribution in [0.15, 0.2) is 23.1 Å². The van der Waals surface area contributed by atoms with Crippen LogP contribution in [0.2, 0.25) is 0 Å². The minimum Gasteiger partial charge on any atom is -0.490 e. The molecule has 1 aromatic rings. The Bertz CT molecular complexity index is 643. The van der Waals surface area contributed by atoms with Crippen molar-refractivity contribution in [1.29, 1.82) is 0 Å². The molecule has 0 saturated carbocycles. The van der Waals surface area contributed by atoms with Crippen LogP contribution in [0.1, 0.15) is 33.1 Å². The largest absolute Gasteiger partial charge is 0.490 e. The Kier molecular flexibility index (Phi) is 5.42. The number of carbonyl (C=O) groups excluding carboxylic acids is 1. The molecule has 0 unspecified atom stereocenters. The highest BCUT2D eigenvalue weighted by atomic mass is 32.2. The molecule has 0 saturated heterocycles. The summed E-state index contributed by atoms with van der Waals surface area (Å²) in [6.07, 6.45) is 2.83. The number of benzene rings is 1. The minimum atomic E-state index is -3.57. The van der Waals surface area contributed by atoms with E-state index in [0.717, 1.165) is 19.3 Å².